The Hall–Kier alpha value is -0.740. The lowest BCUT2D eigenvalue weighted by Crippen LogP contribution is -2.03. The van der Waals surface area contributed by atoms with E-state index in [1.165, 1.54) is 18.2 Å². The fraction of sp³-hybridized carbons (Fsp3) is 0. The fourth-order valence-corrected chi connectivity index (χ4v) is 1.75. The minimum atomic E-state index is -3.50. The predicted molar refractivity (Wildman–Crippen MR) is 46.8 cm³/mol. The molecule has 5 heteroatoms. The van der Waals surface area contributed by atoms with Crippen LogP contribution >= 0.6 is 10.7 Å². The highest BCUT2D eigenvalue weighted by molar-refractivity contribution is 8.33. The zero-order valence-electron chi connectivity index (χ0n) is 5.91. The molecule has 1 aromatic rings. The summed E-state index contributed by atoms with van der Waals surface area (Å²) in [6.45, 7) is 0. The number of hydrogen-bond acceptors (Lipinski definition) is 2. The Morgan fingerprint density at radius 2 is 2.17 bits per heavy atom. The average Bonchev–Trinajstić information content (AvgIpc) is 2.05. The summed E-state index contributed by atoms with van der Waals surface area (Å²) in [5.74, 6) is -0.560. The molecule has 66 valence electrons. The van der Waals surface area contributed by atoms with Crippen LogP contribution in [0.1, 0.15) is 0 Å². The van der Waals surface area contributed by atoms with Crippen molar-refractivity contribution in [3.63, 3.8) is 0 Å². The molecule has 0 fully saturated rings. The summed E-state index contributed by atoms with van der Waals surface area (Å²) in [7, 11) is 1.84. The van der Waals surface area contributed by atoms with E-state index in [1.54, 1.807) is 0 Å². The van der Waals surface area contributed by atoms with Crippen molar-refractivity contribution in [1.29, 1.82) is 0 Å². The number of benzene rings is 1. The first kappa shape index (κ1) is 9.35. The van der Waals surface area contributed by atoms with Crippen LogP contribution in [-0.2, 0) is 13.9 Å². The van der Waals surface area contributed by atoms with E-state index in [9.17, 15) is 13.4 Å². The third-order valence-corrected chi connectivity index (χ3v) is 3.37. The van der Waals surface area contributed by atoms with E-state index in [4.69, 9.17) is 10.7 Å². The highest BCUT2D eigenvalue weighted by Gasteiger charge is 2.12. The van der Waals surface area contributed by atoms with Crippen LogP contribution in [0.15, 0.2) is 29.2 Å². The van der Waals surface area contributed by atoms with Gasteiger partial charge in [0.25, 0.3) is 0 Å². The van der Waals surface area contributed by atoms with Gasteiger partial charge in [0.15, 0.2) is 5.62 Å². The molecule has 12 heavy (non-hydrogen) atoms. The van der Waals surface area contributed by atoms with E-state index >= 15 is 0 Å². The van der Waals surface area contributed by atoms with Gasteiger partial charge < -0.3 is 0 Å². The lowest BCUT2D eigenvalue weighted by Gasteiger charge is -2.07. The second kappa shape index (κ2) is 3.33. The number of thiol groups is 1. The van der Waals surface area contributed by atoms with E-state index in [0.717, 1.165) is 6.07 Å². The normalized spacial score (nSPS) is 12.5. The van der Waals surface area contributed by atoms with Gasteiger partial charge in [0, 0.05) is 14.0 Å². The van der Waals surface area contributed by atoms with Crippen molar-refractivity contribution in [2.75, 3.05) is 0 Å². The maximum absolute atomic E-state index is 12.5. The monoisotopic (exact) mass is 208 g/mol. The minimum absolute atomic E-state index is 0.0270. The van der Waals surface area contributed by atoms with Gasteiger partial charge in [-0.15, -0.1) is 0 Å². The molecule has 0 unspecified atom stereocenters. The number of carbonyl (C=O) groups is 1. The summed E-state index contributed by atoms with van der Waals surface area (Å²) in [4.78, 5) is 10.2. The minimum Gasteiger partial charge on any atom is -0.289 e. The van der Waals surface area contributed by atoms with Crippen molar-refractivity contribution in [3.8, 4) is 0 Å². The molecule has 2 nitrogen and oxygen atoms in total. The van der Waals surface area contributed by atoms with E-state index in [-0.39, 0.29) is 10.5 Å². The first-order valence-electron chi connectivity index (χ1n) is 3.08. The Balaban J connectivity index is 3.20. The summed E-state index contributed by atoms with van der Waals surface area (Å²) in [6, 6.07) is 4.88. The van der Waals surface area contributed by atoms with Crippen LogP contribution < -0.4 is 0 Å². The molecule has 0 amide bonds. The molecule has 0 spiro atoms. The standard InChI is InChI=1S/C7H6ClFO2S/c8-12(11,5-10)7-3-1-2-6(9)4-7/h1-5,12H. The van der Waals surface area contributed by atoms with Crippen molar-refractivity contribution >= 4 is 25.4 Å². The number of rotatable bonds is 2. The van der Waals surface area contributed by atoms with Crippen LogP contribution in [0.3, 0.4) is 0 Å². The Labute approximate surface area is 74.3 Å². The molecule has 1 aromatic carbocycles. The largest absolute Gasteiger partial charge is 0.289 e. The van der Waals surface area contributed by atoms with Gasteiger partial charge in [-0.3, -0.25) is 9.00 Å². The fourth-order valence-electron chi connectivity index (χ4n) is 0.727. The molecular formula is C7H6ClFO2S. The number of carbonyl (C=O) groups excluding carboxylic acids is 1. The van der Waals surface area contributed by atoms with Gasteiger partial charge in [0.2, 0.25) is 0 Å². The summed E-state index contributed by atoms with van der Waals surface area (Å²) >= 11 is 0. The maximum atomic E-state index is 12.5. The molecule has 0 aliphatic rings. The van der Waals surface area contributed by atoms with Gasteiger partial charge >= 0.3 is 0 Å². The molecule has 0 bridgehead atoms. The number of hydrogen-bond donors (Lipinski definition) is 1. The Kier molecular flexibility index (Phi) is 2.59. The molecule has 0 saturated carbocycles. The van der Waals surface area contributed by atoms with E-state index in [0.29, 0.717) is 0 Å². The maximum Gasteiger partial charge on any atom is 0.199 e. The highest BCUT2D eigenvalue weighted by atomic mass is 35.7. The van der Waals surface area contributed by atoms with Crippen LogP contribution in [0, 0.1) is 5.82 Å². The topological polar surface area (TPSA) is 34.1 Å². The van der Waals surface area contributed by atoms with Crippen LogP contribution in [0.4, 0.5) is 4.39 Å². The van der Waals surface area contributed by atoms with Crippen molar-refractivity contribution in [3.05, 3.63) is 30.1 Å². The van der Waals surface area contributed by atoms with Crippen LogP contribution in [0.5, 0.6) is 0 Å². The zero-order chi connectivity index (χ0) is 9.19. The molecular weight excluding hydrogens is 203 g/mol. The second-order valence-electron chi connectivity index (χ2n) is 2.16. The first-order chi connectivity index (χ1) is 5.56. The average molecular weight is 209 g/mol. The van der Waals surface area contributed by atoms with Gasteiger partial charge in [-0.25, -0.2) is 4.39 Å². The molecule has 0 N–H and O–H groups in total. The van der Waals surface area contributed by atoms with Gasteiger partial charge in [0.1, 0.15) is 5.82 Å². The summed E-state index contributed by atoms with van der Waals surface area (Å²) < 4.78 is 23.7. The molecule has 0 aliphatic carbocycles. The van der Waals surface area contributed by atoms with Crippen LogP contribution in [0.2, 0.25) is 0 Å². The van der Waals surface area contributed by atoms with Crippen molar-refractivity contribution in [1.82, 2.24) is 0 Å². The quantitative estimate of drug-likeness (QED) is 0.455. The Bertz CT molecular complexity index is 353. The molecule has 0 aromatic heterocycles. The van der Waals surface area contributed by atoms with Crippen molar-refractivity contribution in [2.45, 2.75) is 4.90 Å². The summed E-state index contributed by atoms with van der Waals surface area (Å²) in [6.07, 6.45) is 0. The summed E-state index contributed by atoms with van der Waals surface area (Å²) in [5.41, 5.74) is 0.142. The van der Waals surface area contributed by atoms with Gasteiger partial charge in [-0.05, 0) is 28.9 Å². The van der Waals surface area contributed by atoms with Crippen molar-refractivity contribution in [2.24, 2.45) is 0 Å². The molecule has 0 aliphatic heterocycles. The van der Waals surface area contributed by atoms with Gasteiger partial charge in [-0.1, -0.05) is 6.07 Å². The smallest absolute Gasteiger partial charge is 0.199 e. The van der Waals surface area contributed by atoms with Crippen LogP contribution in [0.25, 0.3) is 0 Å². The lowest BCUT2D eigenvalue weighted by atomic mass is 10.4. The zero-order valence-corrected chi connectivity index (χ0v) is 7.56. The molecule has 0 heterocycles. The summed E-state index contributed by atoms with van der Waals surface area (Å²) in [5, 5.41) is 0. The molecule has 1 rings (SSSR count). The Morgan fingerprint density at radius 1 is 1.50 bits per heavy atom. The Morgan fingerprint density at radius 3 is 2.67 bits per heavy atom. The predicted octanol–water partition coefficient (Wildman–Crippen LogP) is 1.55. The van der Waals surface area contributed by atoms with E-state index < -0.39 is 15.0 Å². The SMILES string of the molecule is O=C[SH](=O)(Cl)c1cccc(F)c1. The highest BCUT2D eigenvalue weighted by Crippen LogP contribution is 2.21. The van der Waals surface area contributed by atoms with Gasteiger partial charge in [-0.2, -0.15) is 0 Å². The van der Waals surface area contributed by atoms with Crippen LogP contribution in [-0.4, -0.2) is 9.83 Å². The molecule has 0 atom stereocenters. The molecule has 0 radical (unpaired) electrons. The van der Waals surface area contributed by atoms with Crippen molar-refractivity contribution < 1.29 is 13.4 Å². The first-order valence-corrected chi connectivity index (χ1v) is 5.76. The number of halogens is 2. The van der Waals surface area contributed by atoms with E-state index in [1.807, 2.05) is 0 Å². The lowest BCUT2D eigenvalue weighted by molar-refractivity contribution is 0.566. The third-order valence-electron chi connectivity index (χ3n) is 1.30. The van der Waals surface area contributed by atoms with E-state index in [2.05, 4.69) is 0 Å². The second-order valence-corrected chi connectivity index (χ2v) is 5.55. The third kappa shape index (κ3) is 1.89. The van der Waals surface area contributed by atoms with Gasteiger partial charge in [0.05, 0.1) is 0 Å². The molecule has 0 saturated heterocycles.